The van der Waals surface area contributed by atoms with Crippen LogP contribution in [0.15, 0.2) is 27.5 Å². The zero-order chi connectivity index (χ0) is 16.9. The second kappa shape index (κ2) is 7.86. The maximum Gasteiger partial charge on any atom is 0.247 e. The van der Waals surface area contributed by atoms with E-state index in [1.807, 2.05) is 20.0 Å². The van der Waals surface area contributed by atoms with Crippen molar-refractivity contribution in [3.05, 3.63) is 33.1 Å². The van der Waals surface area contributed by atoms with Crippen molar-refractivity contribution < 1.29 is 8.42 Å². The van der Waals surface area contributed by atoms with E-state index in [-0.39, 0.29) is 4.21 Å². The summed E-state index contributed by atoms with van der Waals surface area (Å²) >= 11 is 2.77. The van der Waals surface area contributed by atoms with Gasteiger partial charge in [0.2, 0.25) is 10.0 Å². The molecule has 0 aliphatic carbocycles. The molecule has 7 nitrogen and oxygen atoms in total. The minimum absolute atomic E-state index is 0.152. The van der Waals surface area contributed by atoms with Gasteiger partial charge in [-0.15, -0.1) is 22.7 Å². The number of nitrogens with one attached hydrogen (secondary N) is 2. The van der Waals surface area contributed by atoms with Gasteiger partial charge in [0.25, 0.3) is 0 Å². The van der Waals surface area contributed by atoms with Crippen molar-refractivity contribution in [2.75, 3.05) is 6.54 Å². The topological polar surface area (TPSA) is 109 Å². The Labute approximate surface area is 143 Å². The van der Waals surface area contributed by atoms with Gasteiger partial charge in [0.15, 0.2) is 5.96 Å². The molecule has 2 heterocycles. The Balaban J connectivity index is 1.99. The molecule has 0 atom stereocenters. The Hall–Kier alpha value is -1.49. The summed E-state index contributed by atoms with van der Waals surface area (Å²) in [4.78, 5) is 10.7. The predicted molar refractivity (Wildman–Crippen MR) is 94.2 cm³/mol. The molecule has 2 aromatic heterocycles. The standard InChI is InChI=1S/C13H19N5O2S3/c1-3-15-13(18-8-11-16-6-9(2)21-11)17-7-10-4-5-12(22-10)23(14,19)20/h4-6H,3,7-8H2,1-2H3,(H2,14,19,20)(H2,15,17,18). The van der Waals surface area contributed by atoms with Crippen LogP contribution in [-0.4, -0.2) is 25.9 Å². The molecule has 4 N–H and O–H groups in total. The number of aryl methyl sites for hydroxylation is 1. The highest BCUT2D eigenvalue weighted by molar-refractivity contribution is 7.91. The molecule has 0 aliphatic rings. The van der Waals surface area contributed by atoms with Crippen LogP contribution in [0.5, 0.6) is 0 Å². The van der Waals surface area contributed by atoms with Gasteiger partial charge in [0.05, 0.1) is 13.1 Å². The highest BCUT2D eigenvalue weighted by Gasteiger charge is 2.11. The lowest BCUT2D eigenvalue weighted by Crippen LogP contribution is -2.36. The summed E-state index contributed by atoms with van der Waals surface area (Å²) in [5, 5.41) is 12.4. The van der Waals surface area contributed by atoms with E-state index < -0.39 is 10.0 Å². The quantitative estimate of drug-likeness (QED) is 0.524. The van der Waals surface area contributed by atoms with Gasteiger partial charge in [-0.2, -0.15) is 0 Å². The zero-order valence-corrected chi connectivity index (χ0v) is 15.3. The third kappa shape index (κ3) is 5.57. The van der Waals surface area contributed by atoms with Gasteiger partial charge in [-0.1, -0.05) is 0 Å². The summed E-state index contributed by atoms with van der Waals surface area (Å²) < 4.78 is 22.7. The lowest BCUT2D eigenvalue weighted by Gasteiger charge is -2.09. The SMILES string of the molecule is CCNC(=NCc1ccc(S(N)(=O)=O)s1)NCc1ncc(C)s1. The van der Waals surface area contributed by atoms with Gasteiger partial charge in [-0.25, -0.2) is 23.5 Å². The molecule has 10 heteroatoms. The van der Waals surface area contributed by atoms with Gasteiger partial charge in [-0.3, -0.25) is 0 Å². The van der Waals surface area contributed by atoms with Crippen molar-refractivity contribution in [1.82, 2.24) is 15.6 Å². The molecule has 0 radical (unpaired) electrons. The normalized spacial score (nSPS) is 12.4. The number of aromatic nitrogens is 1. The predicted octanol–water partition coefficient (Wildman–Crippen LogP) is 1.42. The van der Waals surface area contributed by atoms with Crippen LogP contribution in [-0.2, 0) is 23.1 Å². The van der Waals surface area contributed by atoms with Crippen LogP contribution in [0.2, 0.25) is 0 Å². The van der Waals surface area contributed by atoms with Crippen molar-refractivity contribution in [1.29, 1.82) is 0 Å². The number of sulfonamides is 1. The molecule has 23 heavy (non-hydrogen) atoms. The van der Waals surface area contributed by atoms with Gasteiger partial charge in [0, 0.05) is 22.5 Å². The minimum Gasteiger partial charge on any atom is -0.357 e. The number of guanidine groups is 1. The first-order valence-corrected chi connectivity index (χ1v) is 10.1. The molecule has 0 unspecified atom stereocenters. The van der Waals surface area contributed by atoms with Crippen molar-refractivity contribution in [3.8, 4) is 0 Å². The van der Waals surface area contributed by atoms with Crippen LogP contribution >= 0.6 is 22.7 Å². The average Bonchev–Trinajstić information content (AvgIpc) is 3.10. The van der Waals surface area contributed by atoms with E-state index in [9.17, 15) is 8.42 Å². The third-order valence-electron chi connectivity index (χ3n) is 2.73. The lowest BCUT2D eigenvalue weighted by atomic mass is 10.5. The Bertz CT molecular complexity index is 779. The van der Waals surface area contributed by atoms with Gasteiger partial charge in [-0.05, 0) is 26.0 Å². The molecule has 0 amide bonds. The first-order valence-electron chi connectivity index (χ1n) is 6.93. The molecular formula is C13H19N5O2S3. The van der Waals surface area contributed by atoms with Crippen molar-refractivity contribution in [3.63, 3.8) is 0 Å². The summed E-state index contributed by atoms with van der Waals surface area (Å²) in [6.07, 6.45) is 1.84. The fraction of sp³-hybridized carbons (Fsp3) is 0.385. The number of rotatable bonds is 6. The largest absolute Gasteiger partial charge is 0.357 e. The second-order valence-electron chi connectivity index (χ2n) is 4.68. The Morgan fingerprint density at radius 3 is 2.70 bits per heavy atom. The zero-order valence-electron chi connectivity index (χ0n) is 12.9. The number of thiophene rings is 1. The summed E-state index contributed by atoms with van der Waals surface area (Å²) in [5.41, 5.74) is 0. The van der Waals surface area contributed by atoms with E-state index in [2.05, 4.69) is 20.6 Å². The summed E-state index contributed by atoms with van der Waals surface area (Å²) in [6.45, 7) is 5.70. The first kappa shape index (κ1) is 17.9. The van der Waals surface area contributed by atoms with Crippen LogP contribution in [0.4, 0.5) is 0 Å². The molecule has 0 bridgehead atoms. The molecule has 0 spiro atoms. The molecule has 0 fully saturated rings. The lowest BCUT2D eigenvalue weighted by molar-refractivity contribution is 0.600. The summed E-state index contributed by atoms with van der Waals surface area (Å²) in [7, 11) is -3.64. The Morgan fingerprint density at radius 1 is 1.35 bits per heavy atom. The van der Waals surface area contributed by atoms with Crippen LogP contribution in [0.1, 0.15) is 21.7 Å². The van der Waals surface area contributed by atoms with E-state index in [0.717, 1.165) is 32.6 Å². The number of nitrogens with two attached hydrogens (primary N) is 1. The van der Waals surface area contributed by atoms with E-state index in [1.54, 1.807) is 17.4 Å². The van der Waals surface area contributed by atoms with Gasteiger partial charge < -0.3 is 10.6 Å². The average molecular weight is 374 g/mol. The van der Waals surface area contributed by atoms with Gasteiger partial charge >= 0.3 is 0 Å². The third-order valence-corrected chi connectivity index (χ3v) is 6.15. The highest BCUT2D eigenvalue weighted by atomic mass is 32.2. The maximum atomic E-state index is 11.3. The monoisotopic (exact) mass is 373 g/mol. The molecule has 2 aromatic rings. The van der Waals surface area contributed by atoms with Crippen molar-refractivity contribution >= 4 is 38.7 Å². The van der Waals surface area contributed by atoms with Crippen LogP contribution < -0.4 is 15.8 Å². The molecule has 2 rings (SSSR count). The summed E-state index contributed by atoms with van der Waals surface area (Å²) in [5.74, 6) is 0.658. The Morgan fingerprint density at radius 2 is 2.13 bits per heavy atom. The van der Waals surface area contributed by atoms with E-state index in [1.165, 1.54) is 6.07 Å². The van der Waals surface area contributed by atoms with Crippen LogP contribution in [0.3, 0.4) is 0 Å². The molecule has 0 saturated carbocycles. The number of nitrogens with zero attached hydrogens (tertiary/aromatic N) is 2. The number of hydrogen-bond donors (Lipinski definition) is 3. The number of thiazole rings is 1. The number of aliphatic imine (C=N–C) groups is 1. The maximum absolute atomic E-state index is 11.3. The molecule has 0 aromatic carbocycles. The minimum atomic E-state index is -3.64. The van der Waals surface area contributed by atoms with E-state index >= 15 is 0 Å². The van der Waals surface area contributed by atoms with Gasteiger partial charge in [0.1, 0.15) is 9.22 Å². The number of primary sulfonamides is 1. The van der Waals surface area contributed by atoms with E-state index in [4.69, 9.17) is 5.14 Å². The smallest absolute Gasteiger partial charge is 0.247 e. The van der Waals surface area contributed by atoms with Crippen LogP contribution in [0.25, 0.3) is 0 Å². The number of hydrogen-bond acceptors (Lipinski definition) is 6. The van der Waals surface area contributed by atoms with E-state index in [0.29, 0.717) is 19.0 Å². The summed E-state index contributed by atoms with van der Waals surface area (Å²) in [6, 6.07) is 3.23. The second-order valence-corrected chi connectivity index (χ2v) is 8.96. The van der Waals surface area contributed by atoms with Crippen molar-refractivity contribution in [2.45, 2.75) is 31.1 Å². The Kier molecular flexibility index (Phi) is 6.10. The molecule has 0 aliphatic heterocycles. The van der Waals surface area contributed by atoms with Crippen molar-refractivity contribution in [2.24, 2.45) is 10.1 Å². The molecule has 0 saturated heterocycles. The fourth-order valence-corrected chi connectivity index (χ4v) is 4.17. The first-order chi connectivity index (χ1) is 10.9. The van der Waals surface area contributed by atoms with Crippen LogP contribution in [0, 0.1) is 6.92 Å². The highest BCUT2D eigenvalue weighted by Crippen LogP contribution is 2.20. The molecule has 126 valence electrons. The molecular weight excluding hydrogens is 354 g/mol. The fourth-order valence-electron chi connectivity index (χ4n) is 1.74.